The van der Waals surface area contributed by atoms with Crippen LogP contribution in [0.25, 0.3) is 0 Å². The van der Waals surface area contributed by atoms with Gasteiger partial charge in [0.05, 0.1) is 46.2 Å². The van der Waals surface area contributed by atoms with Crippen molar-refractivity contribution in [3.8, 4) is 0 Å². The molecule has 0 N–H and O–H groups in total. The van der Waals surface area contributed by atoms with E-state index in [-0.39, 0.29) is 6.09 Å². The summed E-state index contributed by atoms with van der Waals surface area (Å²) in [6.07, 6.45) is 1.90. The van der Waals surface area contributed by atoms with E-state index in [9.17, 15) is 4.79 Å². The van der Waals surface area contributed by atoms with Crippen LogP contribution in [-0.2, 0) is 23.7 Å². The predicted octanol–water partition coefficient (Wildman–Crippen LogP) is 2.72. The van der Waals surface area contributed by atoms with Crippen molar-refractivity contribution in [2.45, 2.75) is 46.1 Å². The average Bonchev–Trinajstić information content (AvgIpc) is 2.53. The maximum absolute atomic E-state index is 11.7. The third kappa shape index (κ3) is 17.7. The minimum absolute atomic E-state index is 0.344. The van der Waals surface area contributed by atoms with Crippen LogP contribution in [-0.4, -0.2) is 83.0 Å². The molecule has 0 aliphatic heterocycles. The van der Waals surface area contributed by atoms with Crippen LogP contribution in [0.1, 0.15) is 40.5 Å². The molecule has 0 spiro atoms. The van der Waals surface area contributed by atoms with Crippen LogP contribution in [0, 0.1) is 0 Å². The first kappa shape index (κ1) is 24.1. The van der Waals surface area contributed by atoms with E-state index in [4.69, 9.17) is 23.7 Å². The molecule has 0 aromatic carbocycles. The Kier molecular flexibility index (Phi) is 14.8. The Hall–Kier alpha value is -0.890. The van der Waals surface area contributed by atoms with Crippen molar-refractivity contribution in [1.82, 2.24) is 4.90 Å². The summed E-state index contributed by atoms with van der Waals surface area (Å²) in [6, 6.07) is 0. The largest absolute Gasteiger partial charge is 0.444 e. The molecule has 7 heteroatoms. The number of rotatable bonds is 15. The van der Waals surface area contributed by atoms with Gasteiger partial charge in [0.2, 0.25) is 0 Å². The maximum atomic E-state index is 11.7. The number of nitrogens with zero attached hydrogens (tertiary/aromatic N) is 1. The van der Waals surface area contributed by atoms with Gasteiger partial charge < -0.3 is 28.6 Å². The number of likely N-dealkylation sites (N-methyl/N-ethyl adjacent to an activating group) is 1. The van der Waals surface area contributed by atoms with Gasteiger partial charge in [-0.3, -0.25) is 0 Å². The second kappa shape index (κ2) is 15.4. The Bertz CT molecular complexity index is 319. The molecular formula is C18H37NO6. The minimum Gasteiger partial charge on any atom is -0.444 e. The molecule has 0 atom stereocenters. The van der Waals surface area contributed by atoms with Gasteiger partial charge in [-0.2, -0.15) is 0 Å². The predicted molar refractivity (Wildman–Crippen MR) is 97.0 cm³/mol. The molecule has 0 saturated heterocycles. The molecule has 0 radical (unpaired) electrons. The Morgan fingerprint density at radius 3 is 1.68 bits per heavy atom. The maximum Gasteiger partial charge on any atom is 0.410 e. The number of hydrogen-bond donors (Lipinski definition) is 0. The topological polar surface area (TPSA) is 66.5 Å². The zero-order valence-corrected chi connectivity index (χ0v) is 16.7. The molecule has 1 amide bonds. The van der Waals surface area contributed by atoms with Crippen LogP contribution in [0.2, 0.25) is 0 Å². The Balaban J connectivity index is 3.29. The Morgan fingerprint density at radius 1 is 0.800 bits per heavy atom. The van der Waals surface area contributed by atoms with Crippen LogP contribution in [0.3, 0.4) is 0 Å². The van der Waals surface area contributed by atoms with Crippen molar-refractivity contribution >= 4 is 6.09 Å². The zero-order valence-electron chi connectivity index (χ0n) is 16.7. The van der Waals surface area contributed by atoms with Gasteiger partial charge >= 0.3 is 6.09 Å². The molecule has 0 bridgehead atoms. The van der Waals surface area contributed by atoms with Crippen molar-refractivity contribution in [1.29, 1.82) is 0 Å². The Labute approximate surface area is 152 Å². The van der Waals surface area contributed by atoms with Gasteiger partial charge in [0, 0.05) is 20.2 Å². The number of ether oxygens (including phenoxy) is 5. The number of unbranched alkanes of at least 4 members (excludes halogenated alkanes) is 1. The second-order valence-electron chi connectivity index (χ2n) is 6.70. The fourth-order valence-electron chi connectivity index (χ4n) is 1.64. The molecule has 0 rings (SSSR count). The summed E-state index contributed by atoms with van der Waals surface area (Å²) in [7, 11) is 1.69. The Morgan fingerprint density at radius 2 is 1.24 bits per heavy atom. The zero-order chi connectivity index (χ0) is 19.0. The molecule has 150 valence electrons. The average molecular weight is 363 g/mol. The van der Waals surface area contributed by atoms with Crippen molar-refractivity contribution in [2.75, 3.05) is 66.4 Å². The lowest BCUT2D eigenvalue weighted by Crippen LogP contribution is -2.36. The lowest BCUT2D eigenvalue weighted by molar-refractivity contribution is -0.00585. The molecule has 0 aromatic heterocycles. The highest BCUT2D eigenvalue weighted by atomic mass is 16.6. The summed E-state index contributed by atoms with van der Waals surface area (Å²) in [5.41, 5.74) is -0.482. The van der Waals surface area contributed by atoms with Crippen molar-refractivity contribution in [2.24, 2.45) is 0 Å². The molecule has 0 aliphatic rings. The van der Waals surface area contributed by atoms with E-state index in [2.05, 4.69) is 6.92 Å². The summed E-state index contributed by atoms with van der Waals surface area (Å²) in [6.45, 7) is 12.7. The van der Waals surface area contributed by atoms with Gasteiger partial charge in [-0.05, 0) is 27.2 Å². The van der Waals surface area contributed by atoms with Crippen molar-refractivity contribution in [3.63, 3.8) is 0 Å². The molecule has 0 saturated carbocycles. The smallest absolute Gasteiger partial charge is 0.410 e. The van der Waals surface area contributed by atoms with E-state index in [0.29, 0.717) is 52.8 Å². The highest BCUT2D eigenvalue weighted by Crippen LogP contribution is 2.08. The standard InChI is InChI=1S/C18H37NO6/c1-6-7-9-21-11-13-23-15-16-24-14-12-22-10-8-19(5)17(20)25-18(2,3)4/h6-16H2,1-5H3. The molecule has 0 aliphatic carbocycles. The molecule has 7 nitrogen and oxygen atoms in total. The van der Waals surface area contributed by atoms with E-state index in [1.54, 1.807) is 7.05 Å². The third-order valence-electron chi connectivity index (χ3n) is 3.03. The lowest BCUT2D eigenvalue weighted by atomic mass is 10.2. The summed E-state index contributed by atoms with van der Waals surface area (Å²) in [5, 5.41) is 0. The fourth-order valence-corrected chi connectivity index (χ4v) is 1.64. The van der Waals surface area contributed by atoms with E-state index < -0.39 is 5.60 Å². The fraction of sp³-hybridized carbons (Fsp3) is 0.944. The SMILES string of the molecule is CCCCOCCOCCOCCOCCN(C)C(=O)OC(C)(C)C. The number of hydrogen-bond acceptors (Lipinski definition) is 6. The van der Waals surface area contributed by atoms with E-state index in [1.807, 2.05) is 20.8 Å². The molecule has 0 unspecified atom stereocenters. The summed E-state index contributed by atoms with van der Waals surface area (Å²) < 4.78 is 26.9. The van der Waals surface area contributed by atoms with Crippen LogP contribution < -0.4 is 0 Å². The highest BCUT2D eigenvalue weighted by Gasteiger charge is 2.19. The molecular weight excluding hydrogens is 326 g/mol. The van der Waals surface area contributed by atoms with E-state index >= 15 is 0 Å². The molecule has 0 heterocycles. The summed E-state index contributed by atoms with van der Waals surface area (Å²) >= 11 is 0. The van der Waals surface area contributed by atoms with Crippen molar-refractivity contribution < 1.29 is 28.5 Å². The van der Waals surface area contributed by atoms with Crippen LogP contribution in [0.5, 0.6) is 0 Å². The van der Waals surface area contributed by atoms with Gasteiger partial charge in [0.25, 0.3) is 0 Å². The first-order chi connectivity index (χ1) is 11.9. The normalized spacial score (nSPS) is 11.6. The molecule has 0 aromatic rings. The number of carbonyl (C=O) groups excluding carboxylic acids is 1. The third-order valence-corrected chi connectivity index (χ3v) is 3.03. The van der Waals surface area contributed by atoms with Gasteiger partial charge in [-0.15, -0.1) is 0 Å². The molecule has 0 fully saturated rings. The first-order valence-electron chi connectivity index (χ1n) is 9.12. The van der Waals surface area contributed by atoms with Crippen molar-refractivity contribution in [3.05, 3.63) is 0 Å². The second-order valence-corrected chi connectivity index (χ2v) is 6.70. The van der Waals surface area contributed by atoms with Crippen LogP contribution in [0.15, 0.2) is 0 Å². The van der Waals surface area contributed by atoms with Crippen LogP contribution >= 0.6 is 0 Å². The van der Waals surface area contributed by atoms with Gasteiger partial charge in [-0.1, -0.05) is 13.3 Å². The quantitative estimate of drug-likeness (QED) is 0.417. The van der Waals surface area contributed by atoms with E-state index in [0.717, 1.165) is 19.4 Å². The minimum atomic E-state index is -0.482. The van der Waals surface area contributed by atoms with Gasteiger partial charge in [0.1, 0.15) is 5.60 Å². The lowest BCUT2D eigenvalue weighted by Gasteiger charge is -2.24. The van der Waals surface area contributed by atoms with E-state index in [1.165, 1.54) is 4.90 Å². The number of amides is 1. The highest BCUT2D eigenvalue weighted by molar-refractivity contribution is 5.67. The summed E-state index contributed by atoms with van der Waals surface area (Å²) in [5.74, 6) is 0. The monoisotopic (exact) mass is 363 g/mol. The first-order valence-corrected chi connectivity index (χ1v) is 9.12. The van der Waals surface area contributed by atoms with Crippen LogP contribution in [0.4, 0.5) is 4.79 Å². The van der Waals surface area contributed by atoms with Gasteiger partial charge in [-0.25, -0.2) is 4.79 Å². The summed E-state index contributed by atoms with van der Waals surface area (Å²) in [4.78, 5) is 13.2. The molecule has 25 heavy (non-hydrogen) atoms. The van der Waals surface area contributed by atoms with Gasteiger partial charge in [0.15, 0.2) is 0 Å². The number of carbonyl (C=O) groups is 1.